The van der Waals surface area contributed by atoms with Gasteiger partial charge < -0.3 is 20.1 Å². The molecule has 2 atom stereocenters. The van der Waals surface area contributed by atoms with Crippen LogP contribution in [0, 0.1) is 0 Å². The molecule has 0 aromatic heterocycles. The monoisotopic (exact) mass is 561 g/mol. The third-order valence-electron chi connectivity index (χ3n) is 7.45. The lowest BCUT2D eigenvalue weighted by Crippen LogP contribution is -2.44. The number of hydrogen-bond acceptors (Lipinski definition) is 8. The van der Waals surface area contributed by atoms with Crippen LogP contribution in [0.25, 0.3) is 0 Å². The van der Waals surface area contributed by atoms with E-state index < -0.39 is 11.3 Å². The molecule has 1 fully saturated rings. The van der Waals surface area contributed by atoms with Crippen LogP contribution < -0.4 is 20.1 Å². The molecule has 3 heterocycles. The van der Waals surface area contributed by atoms with Crippen molar-refractivity contribution in [3.05, 3.63) is 48.0 Å². The summed E-state index contributed by atoms with van der Waals surface area (Å²) in [7, 11) is 0. The molecule has 2 N–H and O–H groups in total. The Labute approximate surface area is 236 Å². The van der Waals surface area contributed by atoms with Crippen molar-refractivity contribution in [3.8, 4) is 11.5 Å². The lowest BCUT2D eigenvalue weighted by molar-refractivity contribution is -0.129. The number of thioether (sulfide) groups is 1. The summed E-state index contributed by atoms with van der Waals surface area (Å²) in [6.45, 7) is 2.06. The van der Waals surface area contributed by atoms with Gasteiger partial charge in [-0.3, -0.25) is 19.4 Å². The van der Waals surface area contributed by atoms with E-state index in [1.54, 1.807) is 18.2 Å². The summed E-state index contributed by atoms with van der Waals surface area (Å²) >= 11 is 1.22. The second kappa shape index (κ2) is 11.3. The lowest BCUT2D eigenvalue weighted by Gasteiger charge is -2.27. The number of rotatable bonds is 7. The molecule has 0 saturated heterocycles. The second-order valence-electron chi connectivity index (χ2n) is 10.2. The standard InChI is InChI=1S/C29H31N5O5S/c1-2-24(27(36)31-18-12-13-22-23(14-18)39-16-38-22)40-29-33-20-11-7-6-10-19(20)26-32-21(28(37)34(26)29)15-25(35)30-17-8-4-3-5-9-17/h6-7,10-14,17,21,24H,2-5,8-9,15-16H2,1H3,(H,30,35)(H,31,36). The Morgan fingerprint density at radius 1 is 1.10 bits per heavy atom. The average Bonchev–Trinajstić information content (AvgIpc) is 3.56. The molecule has 40 heavy (non-hydrogen) atoms. The van der Waals surface area contributed by atoms with E-state index in [1.807, 2.05) is 31.2 Å². The zero-order chi connectivity index (χ0) is 27.6. The Morgan fingerprint density at radius 2 is 1.90 bits per heavy atom. The zero-order valence-corrected chi connectivity index (χ0v) is 23.0. The van der Waals surface area contributed by atoms with Crippen LogP contribution in [0.15, 0.2) is 52.4 Å². The van der Waals surface area contributed by atoms with Gasteiger partial charge in [-0.15, -0.1) is 0 Å². The molecule has 4 aliphatic rings. The number of carbonyl (C=O) groups is 3. The molecule has 3 aliphatic heterocycles. The van der Waals surface area contributed by atoms with Crippen molar-refractivity contribution in [2.45, 2.75) is 69.2 Å². The molecule has 2 aromatic rings. The summed E-state index contributed by atoms with van der Waals surface area (Å²) in [6.07, 6.45) is 5.84. The van der Waals surface area contributed by atoms with E-state index in [2.05, 4.69) is 10.6 Å². The number of nitrogens with one attached hydrogen (secondary N) is 2. The number of ether oxygens (including phenoxy) is 2. The van der Waals surface area contributed by atoms with Gasteiger partial charge in [-0.25, -0.2) is 9.89 Å². The minimum Gasteiger partial charge on any atom is -0.454 e. The van der Waals surface area contributed by atoms with Crippen LogP contribution in [-0.4, -0.2) is 57.8 Å². The van der Waals surface area contributed by atoms with E-state index in [-0.39, 0.29) is 37.0 Å². The van der Waals surface area contributed by atoms with Gasteiger partial charge in [0.15, 0.2) is 16.7 Å². The summed E-state index contributed by atoms with van der Waals surface area (Å²) in [4.78, 5) is 50.7. The van der Waals surface area contributed by atoms with Crippen molar-refractivity contribution in [3.63, 3.8) is 0 Å². The number of hydrogen-bond donors (Lipinski definition) is 2. The van der Waals surface area contributed by atoms with E-state index in [4.69, 9.17) is 19.5 Å². The van der Waals surface area contributed by atoms with Gasteiger partial charge in [-0.1, -0.05) is 50.1 Å². The molecule has 2 aromatic carbocycles. The van der Waals surface area contributed by atoms with Gasteiger partial charge >= 0.3 is 0 Å². The number of anilines is 1. The van der Waals surface area contributed by atoms with Gasteiger partial charge in [0.1, 0.15) is 11.9 Å². The third kappa shape index (κ3) is 5.30. The van der Waals surface area contributed by atoms with Crippen LogP contribution in [0.2, 0.25) is 0 Å². The highest BCUT2D eigenvalue weighted by atomic mass is 32.2. The maximum absolute atomic E-state index is 13.6. The normalized spacial score (nSPS) is 20.3. The predicted octanol–water partition coefficient (Wildman–Crippen LogP) is 4.36. The number of amides is 3. The highest BCUT2D eigenvalue weighted by Crippen LogP contribution is 2.37. The molecule has 0 radical (unpaired) electrons. The highest BCUT2D eigenvalue weighted by molar-refractivity contribution is 8.15. The first-order chi connectivity index (χ1) is 19.5. The lowest BCUT2D eigenvalue weighted by atomic mass is 9.95. The summed E-state index contributed by atoms with van der Waals surface area (Å²) in [6, 6.07) is 12.0. The van der Waals surface area contributed by atoms with Gasteiger partial charge in [-0.05, 0) is 43.5 Å². The van der Waals surface area contributed by atoms with Crippen molar-refractivity contribution in [2.24, 2.45) is 9.98 Å². The summed E-state index contributed by atoms with van der Waals surface area (Å²) < 4.78 is 10.8. The molecule has 0 bridgehead atoms. The van der Waals surface area contributed by atoms with Crippen molar-refractivity contribution in [2.75, 3.05) is 12.1 Å². The smallest absolute Gasteiger partial charge is 0.259 e. The van der Waals surface area contributed by atoms with Gasteiger partial charge in [0, 0.05) is 23.4 Å². The first-order valence-corrected chi connectivity index (χ1v) is 14.6. The summed E-state index contributed by atoms with van der Waals surface area (Å²) in [5.41, 5.74) is 1.99. The number of benzene rings is 2. The number of aliphatic imine (C=N–C) groups is 2. The molecule has 1 saturated carbocycles. The summed E-state index contributed by atoms with van der Waals surface area (Å²) in [5, 5.41) is 5.88. The molecule has 208 valence electrons. The van der Waals surface area contributed by atoms with Gasteiger partial charge in [-0.2, -0.15) is 0 Å². The van der Waals surface area contributed by atoms with Crippen molar-refractivity contribution >= 4 is 51.9 Å². The van der Waals surface area contributed by atoms with Crippen molar-refractivity contribution in [1.29, 1.82) is 0 Å². The number of para-hydroxylation sites is 1. The molecular weight excluding hydrogens is 530 g/mol. The van der Waals surface area contributed by atoms with Crippen LogP contribution in [0.3, 0.4) is 0 Å². The summed E-state index contributed by atoms with van der Waals surface area (Å²) in [5.74, 6) is 0.995. The van der Waals surface area contributed by atoms with Crippen LogP contribution >= 0.6 is 11.8 Å². The molecule has 11 heteroatoms. The first kappa shape index (κ1) is 26.4. The Kier molecular flexibility index (Phi) is 7.46. The largest absolute Gasteiger partial charge is 0.454 e. The number of nitrogens with zero attached hydrogens (tertiary/aromatic N) is 3. The van der Waals surface area contributed by atoms with E-state index in [1.165, 1.54) is 23.1 Å². The first-order valence-electron chi connectivity index (χ1n) is 13.8. The Bertz CT molecular complexity index is 1400. The maximum Gasteiger partial charge on any atom is 0.259 e. The molecule has 1 aliphatic carbocycles. The Hall–Kier alpha value is -3.86. The fourth-order valence-corrected chi connectivity index (χ4v) is 6.39. The van der Waals surface area contributed by atoms with Gasteiger partial charge in [0.25, 0.3) is 5.91 Å². The fraction of sp³-hybridized carbons (Fsp3) is 0.414. The van der Waals surface area contributed by atoms with E-state index in [0.29, 0.717) is 40.3 Å². The minimum atomic E-state index is -0.835. The topological polar surface area (TPSA) is 122 Å². The van der Waals surface area contributed by atoms with E-state index >= 15 is 0 Å². The molecule has 6 rings (SSSR count). The van der Waals surface area contributed by atoms with Crippen molar-refractivity contribution < 1.29 is 23.9 Å². The molecule has 3 amide bonds. The molecule has 0 spiro atoms. The predicted molar refractivity (Wildman–Crippen MR) is 153 cm³/mol. The van der Waals surface area contributed by atoms with E-state index in [9.17, 15) is 14.4 Å². The molecular formula is C29H31N5O5S. The molecule has 10 nitrogen and oxygen atoms in total. The average molecular weight is 562 g/mol. The van der Waals surface area contributed by atoms with Gasteiger partial charge in [0.2, 0.25) is 18.6 Å². The van der Waals surface area contributed by atoms with E-state index in [0.717, 1.165) is 31.2 Å². The maximum atomic E-state index is 13.6. The SMILES string of the molecule is CCC(SC1=Nc2ccccc2C2=NC(CC(=O)NC3CCCCC3)C(=O)N12)C(=O)Nc1ccc2c(c1)OCO2. The second-order valence-corrected chi connectivity index (χ2v) is 11.4. The fourth-order valence-electron chi connectivity index (χ4n) is 5.37. The Morgan fingerprint density at radius 3 is 2.73 bits per heavy atom. The van der Waals surface area contributed by atoms with Gasteiger partial charge in [0.05, 0.1) is 17.4 Å². The minimum absolute atomic E-state index is 0.0166. The van der Waals surface area contributed by atoms with Crippen LogP contribution in [0.5, 0.6) is 11.5 Å². The Balaban J connectivity index is 1.19. The highest BCUT2D eigenvalue weighted by Gasteiger charge is 2.43. The van der Waals surface area contributed by atoms with Crippen molar-refractivity contribution in [1.82, 2.24) is 10.2 Å². The zero-order valence-electron chi connectivity index (χ0n) is 22.2. The number of amidine groups is 2. The number of fused-ring (bicyclic) bond motifs is 4. The number of carbonyl (C=O) groups excluding carboxylic acids is 3. The molecule has 2 unspecified atom stereocenters. The van der Waals surface area contributed by atoms with Crippen LogP contribution in [0.4, 0.5) is 11.4 Å². The third-order valence-corrected chi connectivity index (χ3v) is 8.76. The quantitative estimate of drug-likeness (QED) is 0.518. The van der Waals surface area contributed by atoms with Crippen LogP contribution in [-0.2, 0) is 14.4 Å². The van der Waals surface area contributed by atoms with Crippen LogP contribution in [0.1, 0.15) is 57.4 Å².